The van der Waals surface area contributed by atoms with Gasteiger partial charge < -0.3 is 15.4 Å². The minimum Gasteiger partial charge on any atom is -0.496 e. The predicted molar refractivity (Wildman–Crippen MR) is 106 cm³/mol. The number of ether oxygens (including phenoxy) is 1. The molecule has 0 bridgehead atoms. The highest BCUT2D eigenvalue weighted by Gasteiger charge is 2.30. The summed E-state index contributed by atoms with van der Waals surface area (Å²) in [6.45, 7) is 4.17. The van der Waals surface area contributed by atoms with Gasteiger partial charge in [-0.05, 0) is 19.9 Å². The van der Waals surface area contributed by atoms with E-state index in [0.717, 1.165) is 11.3 Å². The lowest BCUT2D eigenvalue weighted by Crippen LogP contribution is -2.47. The van der Waals surface area contributed by atoms with E-state index in [4.69, 9.17) is 4.74 Å². The molecule has 0 saturated carbocycles. The van der Waals surface area contributed by atoms with Crippen molar-refractivity contribution in [1.82, 2.24) is 10.6 Å². The number of hydrogen-bond acceptors (Lipinski definition) is 4. The highest BCUT2D eigenvalue weighted by molar-refractivity contribution is 14.0. The SMILES string of the molecule is CN=C(NCc1ccccc1OC)NCC(C)(C)S(C)(=O)=O.I. The Morgan fingerprint density at radius 2 is 1.87 bits per heavy atom. The maximum Gasteiger partial charge on any atom is 0.191 e. The van der Waals surface area contributed by atoms with E-state index >= 15 is 0 Å². The van der Waals surface area contributed by atoms with Crippen molar-refractivity contribution in [2.24, 2.45) is 4.99 Å². The molecule has 0 saturated heterocycles. The van der Waals surface area contributed by atoms with Gasteiger partial charge in [0.2, 0.25) is 0 Å². The van der Waals surface area contributed by atoms with Crippen LogP contribution in [0.25, 0.3) is 0 Å². The number of nitrogens with zero attached hydrogens (tertiary/aromatic N) is 1. The van der Waals surface area contributed by atoms with Crippen molar-refractivity contribution in [3.05, 3.63) is 29.8 Å². The fourth-order valence-corrected chi connectivity index (χ4v) is 2.01. The first kappa shape index (κ1) is 22.0. The standard InChI is InChI=1S/C15H25N3O3S.HI/c1-15(2,22(5,19)20)11-18-14(16-3)17-10-12-8-6-7-9-13(12)21-4;/h6-9H,10-11H2,1-5H3,(H2,16,17,18);1H. The quantitative estimate of drug-likeness (QED) is 0.389. The molecule has 0 aliphatic heterocycles. The Labute approximate surface area is 156 Å². The van der Waals surface area contributed by atoms with Crippen LogP contribution >= 0.6 is 24.0 Å². The number of benzene rings is 1. The molecule has 0 aliphatic carbocycles. The van der Waals surface area contributed by atoms with Crippen LogP contribution in [0, 0.1) is 0 Å². The Morgan fingerprint density at radius 3 is 2.39 bits per heavy atom. The van der Waals surface area contributed by atoms with Crippen molar-refractivity contribution in [1.29, 1.82) is 0 Å². The van der Waals surface area contributed by atoms with E-state index in [1.54, 1.807) is 28.0 Å². The Hall–Kier alpha value is -1.03. The summed E-state index contributed by atoms with van der Waals surface area (Å²) in [4.78, 5) is 4.10. The molecule has 0 unspecified atom stereocenters. The van der Waals surface area contributed by atoms with Crippen LogP contribution in [-0.4, -0.2) is 46.1 Å². The van der Waals surface area contributed by atoms with Crippen LogP contribution in [0.1, 0.15) is 19.4 Å². The minimum absolute atomic E-state index is 0. The number of methoxy groups -OCH3 is 1. The maximum atomic E-state index is 11.7. The van der Waals surface area contributed by atoms with Gasteiger partial charge in [-0.15, -0.1) is 24.0 Å². The third-order valence-electron chi connectivity index (χ3n) is 3.55. The molecule has 1 rings (SSSR count). The molecule has 0 atom stereocenters. The zero-order valence-corrected chi connectivity index (χ0v) is 17.4. The topological polar surface area (TPSA) is 79.8 Å². The van der Waals surface area contributed by atoms with Gasteiger partial charge in [0.1, 0.15) is 5.75 Å². The summed E-state index contributed by atoms with van der Waals surface area (Å²) in [5, 5.41) is 6.19. The van der Waals surface area contributed by atoms with Crippen LogP contribution in [0.4, 0.5) is 0 Å². The van der Waals surface area contributed by atoms with Gasteiger partial charge in [0.15, 0.2) is 15.8 Å². The van der Waals surface area contributed by atoms with E-state index in [-0.39, 0.29) is 30.5 Å². The summed E-state index contributed by atoms with van der Waals surface area (Å²) >= 11 is 0. The smallest absolute Gasteiger partial charge is 0.191 e. The van der Waals surface area contributed by atoms with Crippen molar-refractivity contribution >= 4 is 39.8 Å². The summed E-state index contributed by atoms with van der Waals surface area (Å²) in [5.74, 6) is 1.34. The van der Waals surface area contributed by atoms with E-state index in [1.165, 1.54) is 6.26 Å². The largest absolute Gasteiger partial charge is 0.496 e. The molecule has 8 heteroatoms. The third-order valence-corrected chi connectivity index (χ3v) is 5.70. The molecular weight excluding hydrogens is 429 g/mol. The van der Waals surface area contributed by atoms with E-state index in [2.05, 4.69) is 15.6 Å². The molecule has 2 N–H and O–H groups in total. The summed E-state index contributed by atoms with van der Waals surface area (Å²) in [5.41, 5.74) is 0.996. The molecule has 0 heterocycles. The lowest BCUT2D eigenvalue weighted by Gasteiger charge is -2.24. The summed E-state index contributed by atoms with van der Waals surface area (Å²) in [7, 11) is 0.120. The van der Waals surface area contributed by atoms with Gasteiger partial charge in [-0.3, -0.25) is 4.99 Å². The molecular formula is C15H26IN3O3S. The molecule has 132 valence electrons. The Kier molecular flexibility index (Phi) is 8.89. The summed E-state index contributed by atoms with van der Waals surface area (Å²) in [6.07, 6.45) is 1.24. The number of nitrogens with one attached hydrogen (secondary N) is 2. The number of halogens is 1. The predicted octanol–water partition coefficient (Wildman–Crippen LogP) is 1.80. The van der Waals surface area contributed by atoms with Gasteiger partial charge in [-0.1, -0.05) is 18.2 Å². The van der Waals surface area contributed by atoms with Crippen molar-refractivity contribution in [3.63, 3.8) is 0 Å². The molecule has 6 nitrogen and oxygen atoms in total. The highest BCUT2D eigenvalue weighted by atomic mass is 127. The lowest BCUT2D eigenvalue weighted by atomic mass is 10.2. The van der Waals surface area contributed by atoms with E-state index in [0.29, 0.717) is 12.5 Å². The van der Waals surface area contributed by atoms with Gasteiger partial charge >= 0.3 is 0 Å². The van der Waals surface area contributed by atoms with Gasteiger partial charge in [0, 0.05) is 32.0 Å². The number of sulfone groups is 1. The Bertz CT molecular complexity index is 631. The van der Waals surface area contributed by atoms with Gasteiger partial charge in [0.05, 0.1) is 11.9 Å². The average Bonchev–Trinajstić information content (AvgIpc) is 2.46. The monoisotopic (exact) mass is 455 g/mol. The zero-order chi connectivity index (χ0) is 16.8. The van der Waals surface area contributed by atoms with E-state index < -0.39 is 14.6 Å². The molecule has 1 aromatic rings. The Morgan fingerprint density at radius 1 is 1.26 bits per heavy atom. The third kappa shape index (κ3) is 6.54. The number of para-hydroxylation sites is 1. The zero-order valence-electron chi connectivity index (χ0n) is 14.2. The number of guanidine groups is 1. The normalized spacial score (nSPS) is 12.3. The summed E-state index contributed by atoms with van der Waals surface area (Å²) < 4.78 is 27.8. The first-order valence-electron chi connectivity index (χ1n) is 6.97. The maximum absolute atomic E-state index is 11.7. The van der Waals surface area contributed by atoms with Crippen LogP contribution in [0.3, 0.4) is 0 Å². The second-order valence-corrected chi connectivity index (χ2v) is 8.27. The molecule has 0 aliphatic rings. The first-order valence-corrected chi connectivity index (χ1v) is 8.86. The fraction of sp³-hybridized carbons (Fsp3) is 0.533. The highest BCUT2D eigenvalue weighted by Crippen LogP contribution is 2.16. The Balaban J connectivity index is 0.00000484. The number of rotatable bonds is 6. The first-order chi connectivity index (χ1) is 10.2. The van der Waals surface area contributed by atoms with Crippen LogP contribution in [0.15, 0.2) is 29.3 Å². The number of hydrogen-bond donors (Lipinski definition) is 2. The van der Waals surface area contributed by atoms with Gasteiger partial charge in [0.25, 0.3) is 0 Å². The van der Waals surface area contributed by atoms with Crippen LogP contribution in [0.2, 0.25) is 0 Å². The second-order valence-electron chi connectivity index (χ2n) is 5.62. The van der Waals surface area contributed by atoms with E-state index in [9.17, 15) is 8.42 Å². The van der Waals surface area contributed by atoms with Crippen LogP contribution in [0.5, 0.6) is 5.75 Å². The van der Waals surface area contributed by atoms with Crippen molar-refractivity contribution in [2.45, 2.75) is 25.1 Å². The van der Waals surface area contributed by atoms with Gasteiger partial charge in [-0.25, -0.2) is 8.42 Å². The minimum atomic E-state index is -3.15. The second kappa shape index (κ2) is 9.31. The fourth-order valence-electron chi connectivity index (χ4n) is 1.68. The van der Waals surface area contributed by atoms with E-state index in [1.807, 2.05) is 24.3 Å². The van der Waals surface area contributed by atoms with Crippen LogP contribution in [-0.2, 0) is 16.4 Å². The molecule has 0 fully saturated rings. The number of aliphatic imine (C=N–C) groups is 1. The molecule has 0 spiro atoms. The molecule has 23 heavy (non-hydrogen) atoms. The average molecular weight is 455 g/mol. The van der Waals surface area contributed by atoms with Gasteiger partial charge in [-0.2, -0.15) is 0 Å². The lowest BCUT2D eigenvalue weighted by molar-refractivity contribution is 0.409. The van der Waals surface area contributed by atoms with Crippen LogP contribution < -0.4 is 15.4 Å². The van der Waals surface area contributed by atoms with Crippen molar-refractivity contribution in [3.8, 4) is 5.75 Å². The molecule has 0 radical (unpaired) electrons. The molecule has 0 amide bonds. The summed E-state index contributed by atoms with van der Waals surface area (Å²) in [6, 6.07) is 7.69. The molecule has 0 aromatic heterocycles. The van der Waals surface area contributed by atoms with Crippen molar-refractivity contribution in [2.75, 3.05) is 27.0 Å². The van der Waals surface area contributed by atoms with Crippen molar-refractivity contribution < 1.29 is 13.2 Å². The molecule has 1 aromatic carbocycles.